The van der Waals surface area contributed by atoms with Gasteiger partial charge in [-0.3, -0.25) is 0 Å². The molecule has 1 aliphatic rings. The molecule has 0 radical (unpaired) electrons. The topological polar surface area (TPSA) is 32.6 Å². The summed E-state index contributed by atoms with van der Waals surface area (Å²) in [5.74, 6) is -0.918. The molecule has 1 aliphatic heterocycles. The van der Waals surface area contributed by atoms with Crippen LogP contribution in [0.3, 0.4) is 0 Å². The maximum atomic E-state index is 13.3. The first-order valence-corrected chi connectivity index (χ1v) is 10.1. The molecule has 0 aliphatic carbocycles. The molecule has 154 valence electrons. The van der Waals surface area contributed by atoms with Crippen molar-refractivity contribution in [1.29, 1.82) is 0 Å². The molecular weight excluding hydrogens is 376 g/mol. The molecule has 0 saturated carbocycles. The van der Waals surface area contributed by atoms with Gasteiger partial charge in [-0.25, -0.2) is 8.78 Å². The fraction of sp³-hybridized carbons (Fsp3) is 0.391. The van der Waals surface area contributed by atoms with Gasteiger partial charge >= 0.3 is 0 Å². The number of rotatable bonds is 8. The summed E-state index contributed by atoms with van der Waals surface area (Å²) < 4.78 is 45.7. The van der Waals surface area contributed by atoms with Gasteiger partial charge in [-0.05, 0) is 60.5 Å². The zero-order valence-corrected chi connectivity index (χ0v) is 16.3. The Morgan fingerprint density at radius 2 is 1.93 bits per heavy atom. The van der Waals surface area contributed by atoms with Gasteiger partial charge in [0.1, 0.15) is 5.75 Å². The zero-order chi connectivity index (χ0) is 20.1. The molecule has 1 aromatic heterocycles. The Morgan fingerprint density at radius 1 is 1.00 bits per heavy atom. The predicted octanol–water partition coefficient (Wildman–Crippen LogP) is 5.08. The molecular formula is C23H25F2NO3. The predicted molar refractivity (Wildman–Crippen MR) is 107 cm³/mol. The Kier molecular flexibility index (Phi) is 6.42. The molecule has 1 unspecified atom stereocenters. The lowest BCUT2D eigenvalue weighted by Crippen LogP contribution is -2.23. The van der Waals surface area contributed by atoms with E-state index in [4.69, 9.17) is 14.2 Å². The van der Waals surface area contributed by atoms with Gasteiger partial charge < -0.3 is 18.8 Å². The summed E-state index contributed by atoms with van der Waals surface area (Å²) in [6.45, 7) is 2.50. The van der Waals surface area contributed by atoms with Gasteiger partial charge in [0, 0.05) is 31.8 Å². The molecule has 0 spiro atoms. The lowest BCUT2D eigenvalue weighted by Gasteiger charge is -2.22. The molecule has 29 heavy (non-hydrogen) atoms. The standard InChI is InChI=1S/C23H25F2NO3/c24-20-7-4-17(15-21(20)25)9-13-27-19-6-5-18-8-10-26(22(18)16-19)11-14-29-23-3-1-2-12-28-23/h4-8,10,15-16,23H,1-3,9,11-14H2. The van der Waals surface area contributed by atoms with Crippen molar-refractivity contribution >= 4 is 10.9 Å². The molecule has 4 rings (SSSR count). The Balaban J connectivity index is 1.32. The largest absolute Gasteiger partial charge is 0.493 e. The van der Waals surface area contributed by atoms with Crippen LogP contribution in [0, 0.1) is 11.6 Å². The number of halogens is 2. The molecule has 3 aromatic rings. The molecule has 4 nitrogen and oxygen atoms in total. The summed E-state index contributed by atoms with van der Waals surface area (Å²) in [7, 11) is 0. The zero-order valence-electron chi connectivity index (χ0n) is 16.3. The van der Waals surface area contributed by atoms with Crippen molar-refractivity contribution in [1.82, 2.24) is 4.57 Å². The van der Waals surface area contributed by atoms with E-state index in [1.807, 2.05) is 24.4 Å². The molecule has 0 amide bonds. The van der Waals surface area contributed by atoms with E-state index in [9.17, 15) is 8.78 Å². The summed E-state index contributed by atoms with van der Waals surface area (Å²) in [5.41, 5.74) is 1.78. The normalized spacial score (nSPS) is 17.0. The molecule has 1 atom stereocenters. The second-order valence-corrected chi connectivity index (χ2v) is 7.24. The monoisotopic (exact) mass is 401 g/mol. The third-order valence-corrected chi connectivity index (χ3v) is 5.16. The van der Waals surface area contributed by atoms with E-state index in [0.717, 1.165) is 55.1 Å². The first kappa shape index (κ1) is 19.9. The van der Waals surface area contributed by atoms with Gasteiger partial charge in [-0.1, -0.05) is 6.07 Å². The van der Waals surface area contributed by atoms with Crippen LogP contribution in [-0.2, 0) is 22.4 Å². The fourth-order valence-corrected chi connectivity index (χ4v) is 3.56. The lowest BCUT2D eigenvalue weighted by atomic mass is 10.1. The Hall–Kier alpha value is -2.44. The van der Waals surface area contributed by atoms with Gasteiger partial charge in [-0.2, -0.15) is 0 Å². The molecule has 6 heteroatoms. The van der Waals surface area contributed by atoms with Crippen LogP contribution in [0.2, 0.25) is 0 Å². The van der Waals surface area contributed by atoms with Crippen molar-refractivity contribution in [2.24, 2.45) is 0 Å². The van der Waals surface area contributed by atoms with E-state index in [0.29, 0.717) is 25.2 Å². The minimum Gasteiger partial charge on any atom is -0.493 e. The average Bonchev–Trinajstić information content (AvgIpc) is 3.14. The van der Waals surface area contributed by atoms with Crippen LogP contribution in [0.1, 0.15) is 24.8 Å². The molecule has 1 saturated heterocycles. The fourth-order valence-electron chi connectivity index (χ4n) is 3.56. The molecule has 2 heterocycles. The number of nitrogens with zero attached hydrogens (tertiary/aromatic N) is 1. The Bertz CT molecular complexity index is 950. The summed E-state index contributed by atoms with van der Waals surface area (Å²) in [5, 5.41) is 1.13. The van der Waals surface area contributed by atoms with Gasteiger partial charge in [0.05, 0.1) is 18.7 Å². The number of hydrogen-bond donors (Lipinski definition) is 0. The summed E-state index contributed by atoms with van der Waals surface area (Å²) >= 11 is 0. The van der Waals surface area contributed by atoms with Crippen LogP contribution >= 0.6 is 0 Å². The highest BCUT2D eigenvalue weighted by atomic mass is 19.2. The number of hydrogen-bond acceptors (Lipinski definition) is 3. The minimum absolute atomic E-state index is 0.0826. The van der Waals surface area contributed by atoms with Crippen LogP contribution in [-0.4, -0.2) is 30.7 Å². The van der Waals surface area contributed by atoms with Crippen molar-refractivity contribution in [3.05, 3.63) is 65.9 Å². The second kappa shape index (κ2) is 9.37. The van der Waals surface area contributed by atoms with Crippen molar-refractivity contribution in [3.63, 3.8) is 0 Å². The van der Waals surface area contributed by atoms with E-state index >= 15 is 0 Å². The van der Waals surface area contributed by atoms with Crippen LogP contribution in [0.5, 0.6) is 5.75 Å². The minimum atomic E-state index is -0.833. The number of aromatic nitrogens is 1. The van der Waals surface area contributed by atoms with Crippen molar-refractivity contribution in [2.75, 3.05) is 19.8 Å². The van der Waals surface area contributed by atoms with E-state index in [1.165, 1.54) is 6.07 Å². The van der Waals surface area contributed by atoms with Crippen LogP contribution in [0.15, 0.2) is 48.7 Å². The smallest absolute Gasteiger partial charge is 0.159 e. The molecule has 0 bridgehead atoms. The first-order chi connectivity index (χ1) is 14.2. The van der Waals surface area contributed by atoms with Crippen molar-refractivity contribution in [2.45, 2.75) is 38.5 Å². The number of ether oxygens (including phenoxy) is 3. The maximum Gasteiger partial charge on any atom is 0.159 e. The van der Waals surface area contributed by atoms with E-state index in [1.54, 1.807) is 6.07 Å². The second-order valence-electron chi connectivity index (χ2n) is 7.24. The first-order valence-electron chi connectivity index (χ1n) is 10.1. The van der Waals surface area contributed by atoms with Crippen LogP contribution < -0.4 is 4.74 Å². The highest BCUT2D eigenvalue weighted by Crippen LogP contribution is 2.23. The van der Waals surface area contributed by atoms with Gasteiger partial charge in [0.2, 0.25) is 0 Å². The number of benzene rings is 2. The maximum absolute atomic E-state index is 13.3. The lowest BCUT2D eigenvalue weighted by molar-refractivity contribution is -0.163. The highest BCUT2D eigenvalue weighted by Gasteiger charge is 2.14. The van der Waals surface area contributed by atoms with Gasteiger partial charge in [0.25, 0.3) is 0 Å². The van der Waals surface area contributed by atoms with Gasteiger partial charge in [-0.15, -0.1) is 0 Å². The van der Waals surface area contributed by atoms with Gasteiger partial charge in [0.15, 0.2) is 17.9 Å². The molecule has 0 N–H and O–H groups in total. The SMILES string of the molecule is Fc1ccc(CCOc2ccc3ccn(CCOC4CCCCO4)c3c2)cc1F. The Morgan fingerprint density at radius 3 is 2.76 bits per heavy atom. The van der Waals surface area contributed by atoms with E-state index < -0.39 is 11.6 Å². The van der Waals surface area contributed by atoms with Crippen molar-refractivity contribution in [3.8, 4) is 5.75 Å². The highest BCUT2D eigenvalue weighted by molar-refractivity contribution is 5.81. The quantitative estimate of drug-likeness (QED) is 0.527. The third-order valence-electron chi connectivity index (χ3n) is 5.16. The third kappa shape index (κ3) is 5.14. The summed E-state index contributed by atoms with van der Waals surface area (Å²) in [6.07, 6.45) is 5.69. The summed E-state index contributed by atoms with van der Waals surface area (Å²) in [6, 6.07) is 11.9. The number of fused-ring (bicyclic) bond motifs is 1. The van der Waals surface area contributed by atoms with Crippen LogP contribution in [0.4, 0.5) is 8.78 Å². The van der Waals surface area contributed by atoms with Crippen molar-refractivity contribution < 1.29 is 23.0 Å². The van der Waals surface area contributed by atoms with E-state index in [-0.39, 0.29) is 6.29 Å². The summed E-state index contributed by atoms with van der Waals surface area (Å²) in [4.78, 5) is 0. The average molecular weight is 401 g/mol. The molecule has 2 aromatic carbocycles. The Labute approximate surface area is 169 Å². The van der Waals surface area contributed by atoms with Crippen LogP contribution in [0.25, 0.3) is 10.9 Å². The molecule has 1 fully saturated rings. The van der Waals surface area contributed by atoms with E-state index in [2.05, 4.69) is 10.6 Å².